The number of benzene rings is 1. The molecule has 22 heavy (non-hydrogen) atoms. The van der Waals surface area contributed by atoms with E-state index in [-0.39, 0.29) is 5.91 Å². The summed E-state index contributed by atoms with van der Waals surface area (Å²) < 4.78 is 5.71. The van der Waals surface area contributed by atoms with Crippen molar-refractivity contribution in [1.29, 1.82) is 0 Å². The summed E-state index contributed by atoms with van der Waals surface area (Å²) in [6.07, 6.45) is -0.533. The van der Waals surface area contributed by atoms with E-state index in [1.54, 1.807) is 19.1 Å². The topological polar surface area (TPSA) is 41.6 Å². The SMILES string of the molecule is CCN(CCNC(=O)C(C)Oc1ccc(Cl)cc1C)C(C)C. The molecule has 0 aromatic heterocycles. The highest BCUT2D eigenvalue weighted by molar-refractivity contribution is 6.30. The average molecular weight is 327 g/mol. The molecule has 0 aliphatic heterocycles. The first kappa shape index (κ1) is 18.8. The lowest BCUT2D eigenvalue weighted by Gasteiger charge is -2.25. The molecule has 0 fully saturated rings. The van der Waals surface area contributed by atoms with E-state index in [1.807, 2.05) is 13.0 Å². The molecule has 0 radical (unpaired) electrons. The van der Waals surface area contributed by atoms with Gasteiger partial charge >= 0.3 is 0 Å². The Morgan fingerprint density at radius 1 is 1.36 bits per heavy atom. The normalized spacial score (nSPS) is 12.5. The van der Waals surface area contributed by atoms with Crippen LogP contribution in [0.2, 0.25) is 5.02 Å². The minimum atomic E-state index is -0.533. The molecule has 124 valence electrons. The van der Waals surface area contributed by atoms with E-state index in [4.69, 9.17) is 16.3 Å². The molecule has 1 aromatic carbocycles. The molecule has 1 amide bonds. The van der Waals surface area contributed by atoms with Crippen molar-refractivity contribution in [3.05, 3.63) is 28.8 Å². The number of amides is 1. The van der Waals surface area contributed by atoms with Crippen molar-refractivity contribution in [1.82, 2.24) is 10.2 Å². The lowest BCUT2D eigenvalue weighted by Crippen LogP contribution is -2.42. The van der Waals surface area contributed by atoms with Gasteiger partial charge in [0.05, 0.1) is 0 Å². The highest BCUT2D eigenvalue weighted by Gasteiger charge is 2.16. The van der Waals surface area contributed by atoms with Crippen molar-refractivity contribution >= 4 is 17.5 Å². The van der Waals surface area contributed by atoms with Crippen LogP contribution in [-0.2, 0) is 4.79 Å². The molecular formula is C17H27ClN2O2. The van der Waals surface area contributed by atoms with E-state index in [2.05, 4.69) is 31.0 Å². The Bertz CT molecular complexity index is 492. The summed E-state index contributed by atoms with van der Waals surface area (Å²) in [5, 5.41) is 3.58. The van der Waals surface area contributed by atoms with Crippen LogP contribution in [0.1, 0.15) is 33.3 Å². The molecule has 1 aromatic rings. The molecule has 1 N–H and O–H groups in total. The third kappa shape index (κ3) is 5.85. The van der Waals surface area contributed by atoms with Gasteiger partial charge in [0.25, 0.3) is 5.91 Å². The Hall–Kier alpha value is -1.26. The van der Waals surface area contributed by atoms with Gasteiger partial charge in [-0.2, -0.15) is 0 Å². The Labute approximate surface area is 138 Å². The number of likely N-dealkylation sites (N-methyl/N-ethyl adjacent to an activating group) is 1. The van der Waals surface area contributed by atoms with Gasteiger partial charge in [0, 0.05) is 24.2 Å². The first-order valence-electron chi connectivity index (χ1n) is 7.79. The van der Waals surface area contributed by atoms with Crippen molar-refractivity contribution in [3.63, 3.8) is 0 Å². The van der Waals surface area contributed by atoms with Crippen LogP contribution in [0.25, 0.3) is 0 Å². The number of carbonyl (C=O) groups is 1. The number of aryl methyl sites for hydroxylation is 1. The zero-order valence-electron chi connectivity index (χ0n) is 14.1. The van der Waals surface area contributed by atoms with Crippen LogP contribution < -0.4 is 10.1 Å². The minimum absolute atomic E-state index is 0.103. The maximum Gasteiger partial charge on any atom is 0.260 e. The lowest BCUT2D eigenvalue weighted by molar-refractivity contribution is -0.127. The molecule has 0 saturated heterocycles. The predicted molar refractivity (Wildman–Crippen MR) is 91.7 cm³/mol. The van der Waals surface area contributed by atoms with Crippen LogP contribution in [0, 0.1) is 6.92 Å². The van der Waals surface area contributed by atoms with E-state index in [1.165, 1.54) is 0 Å². The number of rotatable bonds is 8. The fourth-order valence-electron chi connectivity index (χ4n) is 2.24. The monoisotopic (exact) mass is 326 g/mol. The van der Waals surface area contributed by atoms with E-state index >= 15 is 0 Å². The zero-order chi connectivity index (χ0) is 16.7. The zero-order valence-corrected chi connectivity index (χ0v) is 14.9. The van der Waals surface area contributed by atoms with Gasteiger partial charge in [-0.15, -0.1) is 0 Å². The molecule has 5 heteroatoms. The summed E-state index contributed by atoms with van der Waals surface area (Å²) in [7, 11) is 0. The second-order valence-corrected chi connectivity index (χ2v) is 6.12. The van der Waals surface area contributed by atoms with Crippen LogP contribution in [-0.4, -0.2) is 42.6 Å². The molecule has 0 bridgehead atoms. The summed E-state index contributed by atoms with van der Waals surface area (Å²) in [4.78, 5) is 14.4. The summed E-state index contributed by atoms with van der Waals surface area (Å²) in [6, 6.07) is 5.85. The Kier molecular flexibility index (Phi) is 7.69. The largest absolute Gasteiger partial charge is 0.481 e. The Morgan fingerprint density at radius 2 is 2.05 bits per heavy atom. The molecule has 0 aliphatic carbocycles. The predicted octanol–water partition coefficient (Wildman–Crippen LogP) is 3.26. The molecule has 1 unspecified atom stereocenters. The van der Waals surface area contributed by atoms with Gasteiger partial charge in [0.2, 0.25) is 0 Å². The van der Waals surface area contributed by atoms with Crippen LogP contribution in [0.3, 0.4) is 0 Å². The van der Waals surface area contributed by atoms with Gasteiger partial charge in [0.1, 0.15) is 5.75 Å². The maximum atomic E-state index is 12.1. The Morgan fingerprint density at radius 3 is 2.59 bits per heavy atom. The maximum absolute atomic E-state index is 12.1. The highest BCUT2D eigenvalue weighted by Crippen LogP contribution is 2.22. The molecule has 4 nitrogen and oxygen atoms in total. The number of hydrogen-bond donors (Lipinski definition) is 1. The van der Waals surface area contributed by atoms with Crippen LogP contribution >= 0.6 is 11.6 Å². The van der Waals surface area contributed by atoms with E-state index in [9.17, 15) is 4.79 Å². The average Bonchev–Trinajstić information content (AvgIpc) is 2.45. The summed E-state index contributed by atoms with van der Waals surface area (Å²) in [6.45, 7) is 12.5. The number of nitrogens with one attached hydrogen (secondary N) is 1. The van der Waals surface area contributed by atoms with Crippen molar-refractivity contribution in [2.75, 3.05) is 19.6 Å². The van der Waals surface area contributed by atoms with Gasteiger partial charge < -0.3 is 10.1 Å². The molecule has 0 spiro atoms. The van der Waals surface area contributed by atoms with Gasteiger partial charge in [-0.05, 0) is 58.0 Å². The number of carbonyl (C=O) groups excluding carboxylic acids is 1. The first-order chi connectivity index (χ1) is 10.3. The van der Waals surface area contributed by atoms with Crippen LogP contribution in [0.5, 0.6) is 5.75 Å². The van der Waals surface area contributed by atoms with E-state index in [0.717, 1.165) is 18.7 Å². The van der Waals surface area contributed by atoms with Crippen LogP contribution in [0.4, 0.5) is 0 Å². The number of ether oxygens (including phenoxy) is 1. The molecular weight excluding hydrogens is 300 g/mol. The second kappa shape index (κ2) is 9.01. The fourth-order valence-corrected chi connectivity index (χ4v) is 2.46. The van der Waals surface area contributed by atoms with E-state index < -0.39 is 6.10 Å². The van der Waals surface area contributed by atoms with Crippen molar-refractivity contribution in [2.24, 2.45) is 0 Å². The molecule has 0 saturated carbocycles. The van der Waals surface area contributed by atoms with Crippen molar-refractivity contribution < 1.29 is 9.53 Å². The lowest BCUT2D eigenvalue weighted by atomic mass is 10.2. The fraction of sp³-hybridized carbons (Fsp3) is 0.588. The van der Waals surface area contributed by atoms with Crippen LogP contribution in [0.15, 0.2) is 18.2 Å². The second-order valence-electron chi connectivity index (χ2n) is 5.68. The van der Waals surface area contributed by atoms with E-state index in [0.29, 0.717) is 23.4 Å². The smallest absolute Gasteiger partial charge is 0.260 e. The third-order valence-electron chi connectivity index (χ3n) is 3.64. The minimum Gasteiger partial charge on any atom is -0.481 e. The highest BCUT2D eigenvalue weighted by atomic mass is 35.5. The Balaban J connectivity index is 2.45. The quantitative estimate of drug-likeness (QED) is 0.797. The first-order valence-corrected chi connectivity index (χ1v) is 8.17. The van der Waals surface area contributed by atoms with Crippen molar-refractivity contribution in [2.45, 2.75) is 46.8 Å². The van der Waals surface area contributed by atoms with Gasteiger partial charge in [-0.3, -0.25) is 9.69 Å². The number of halogens is 1. The van der Waals surface area contributed by atoms with Gasteiger partial charge in [-0.25, -0.2) is 0 Å². The standard InChI is InChI=1S/C17H27ClN2O2/c1-6-20(12(2)3)10-9-19-17(21)14(5)22-16-8-7-15(18)11-13(16)4/h7-8,11-12,14H,6,9-10H2,1-5H3,(H,19,21). The molecule has 0 aliphatic rings. The van der Waals surface area contributed by atoms with Gasteiger partial charge in [-0.1, -0.05) is 18.5 Å². The van der Waals surface area contributed by atoms with Crippen molar-refractivity contribution in [3.8, 4) is 5.75 Å². The molecule has 1 atom stereocenters. The summed E-state index contributed by atoms with van der Waals surface area (Å²) in [5.74, 6) is 0.582. The molecule has 1 rings (SSSR count). The molecule has 0 heterocycles. The summed E-state index contributed by atoms with van der Waals surface area (Å²) in [5.41, 5.74) is 0.920. The summed E-state index contributed by atoms with van der Waals surface area (Å²) >= 11 is 5.91. The van der Waals surface area contributed by atoms with Gasteiger partial charge in [0.15, 0.2) is 6.10 Å². The number of hydrogen-bond acceptors (Lipinski definition) is 3. The number of nitrogens with zero attached hydrogens (tertiary/aromatic N) is 1. The third-order valence-corrected chi connectivity index (χ3v) is 3.88.